The van der Waals surface area contributed by atoms with Gasteiger partial charge < -0.3 is 10.1 Å². The Morgan fingerprint density at radius 3 is 2.50 bits per heavy atom. The molecule has 3 rings (SSSR count). The van der Waals surface area contributed by atoms with Gasteiger partial charge in [-0.05, 0) is 58.3 Å². The van der Waals surface area contributed by atoms with Crippen LogP contribution >= 0.6 is 0 Å². The molecule has 0 heterocycles. The van der Waals surface area contributed by atoms with Gasteiger partial charge >= 0.3 is 6.09 Å². The van der Waals surface area contributed by atoms with Crippen LogP contribution in [0, 0.1) is 17.3 Å². The van der Waals surface area contributed by atoms with Crippen molar-refractivity contribution in [2.75, 3.05) is 6.61 Å². The summed E-state index contributed by atoms with van der Waals surface area (Å²) in [4.78, 5) is 23.9. The first-order valence-electron chi connectivity index (χ1n) is 7.55. The molecule has 0 aromatic heterocycles. The van der Waals surface area contributed by atoms with Crippen molar-refractivity contribution in [1.29, 1.82) is 0 Å². The lowest BCUT2D eigenvalue weighted by atomic mass is 9.69. The second-order valence-corrected chi connectivity index (χ2v) is 6.76. The molecule has 1 amide bonds. The molecule has 3 atom stereocenters. The van der Waals surface area contributed by atoms with E-state index in [4.69, 9.17) is 4.74 Å². The zero-order valence-electron chi connectivity index (χ0n) is 12.5. The van der Waals surface area contributed by atoms with Crippen LogP contribution in [0.5, 0.6) is 0 Å². The van der Waals surface area contributed by atoms with Crippen LogP contribution in [-0.2, 0) is 9.53 Å². The number of ketones is 1. The number of ether oxygens (including phenoxy) is 1. The molecule has 2 fully saturated rings. The van der Waals surface area contributed by atoms with Crippen LogP contribution in [0.25, 0.3) is 0 Å². The van der Waals surface area contributed by atoms with Crippen molar-refractivity contribution in [3.8, 4) is 0 Å². The predicted octanol–water partition coefficient (Wildman–Crippen LogP) is 2.83. The Labute approximate surface area is 119 Å². The van der Waals surface area contributed by atoms with E-state index >= 15 is 0 Å². The smallest absolute Gasteiger partial charge is 0.407 e. The highest BCUT2D eigenvalue weighted by Gasteiger charge is 2.56. The van der Waals surface area contributed by atoms with Crippen LogP contribution in [0.3, 0.4) is 0 Å². The predicted molar refractivity (Wildman–Crippen MR) is 75.2 cm³/mol. The second-order valence-electron chi connectivity index (χ2n) is 6.76. The first kappa shape index (κ1) is 13.7. The fourth-order valence-corrected chi connectivity index (χ4v) is 3.97. The van der Waals surface area contributed by atoms with Gasteiger partial charge in [0.1, 0.15) is 12.4 Å². The zero-order valence-corrected chi connectivity index (χ0v) is 12.5. The molecule has 0 saturated heterocycles. The van der Waals surface area contributed by atoms with E-state index in [1.807, 2.05) is 0 Å². The van der Waals surface area contributed by atoms with Crippen molar-refractivity contribution in [3.05, 3.63) is 11.1 Å². The molecule has 110 valence electrons. The van der Waals surface area contributed by atoms with Gasteiger partial charge in [-0.1, -0.05) is 11.1 Å². The molecule has 0 aliphatic heterocycles. The molecule has 2 saturated carbocycles. The van der Waals surface area contributed by atoms with Crippen molar-refractivity contribution in [3.63, 3.8) is 0 Å². The molecule has 1 N–H and O–H groups in total. The summed E-state index contributed by atoms with van der Waals surface area (Å²) in [6.45, 7) is 6.17. The molecule has 20 heavy (non-hydrogen) atoms. The summed E-state index contributed by atoms with van der Waals surface area (Å²) in [5, 5.41) is 2.81. The van der Waals surface area contributed by atoms with Crippen LogP contribution in [0.4, 0.5) is 4.79 Å². The van der Waals surface area contributed by atoms with E-state index in [0.717, 1.165) is 25.7 Å². The highest BCUT2D eigenvalue weighted by molar-refractivity contribution is 5.85. The zero-order chi connectivity index (χ0) is 14.5. The normalized spacial score (nSPS) is 35.4. The standard InChI is InChI=1S/C16H23NO3/c1-9-10(2)14-6-12(9)7-16(14,11(3)18)8-20-15(19)17-13-4-5-13/h12-14H,4-8H2,1-3H3,(H,17,19). The Morgan fingerprint density at radius 2 is 2.00 bits per heavy atom. The molecule has 3 unspecified atom stereocenters. The summed E-state index contributed by atoms with van der Waals surface area (Å²) < 4.78 is 5.38. The van der Waals surface area contributed by atoms with Gasteiger partial charge in [-0.15, -0.1) is 0 Å². The topological polar surface area (TPSA) is 55.4 Å². The summed E-state index contributed by atoms with van der Waals surface area (Å²) in [7, 11) is 0. The molecule has 3 aliphatic rings. The molecule has 0 radical (unpaired) electrons. The Hall–Kier alpha value is -1.32. The molecule has 0 spiro atoms. The maximum absolute atomic E-state index is 12.2. The van der Waals surface area contributed by atoms with Crippen LogP contribution in [0.15, 0.2) is 11.1 Å². The van der Waals surface area contributed by atoms with Crippen LogP contribution in [-0.4, -0.2) is 24.5 Å². The van der Waals surface area contributed by atoms with Gasteiger partial charge in [-0.25, -0.2) is 4.79 Å². The van der Waals surface area contributed by atoms with Crippen molar-refractivity contribution in [1.82, 2.24) is 5.32 Å². The number of hydrogen-bond donors (Lipinski definition) is 1. The molecule has 0 aromatic rings. The largest absolute Gasteiger partial charge is 0.448 e. The first-order valence-corrected chi connectivity index (χ1v) is 7.55. The van der Waals surface area contributed by atoms with Gasteiger partial charge in [0, 0.05) is 6.04 Å². The monoisotopic (exact) mass is 277 g/mol. The molecule has 0 aromatic carbocycles. The Kier molecular flexibility index (Phi) is 3.14. The second kappa shape index (κ2) is 4.61. The molecule has 4 nitrogen and oxygen atoms in total. The fraction of sp³-hybridized carbons (Fsp3) is 0.750. The summed E-state index contributed by atoms with van der Waals surface area (Å²) in [5.41, 5.74) is 2.30. The number of alkyl carbamates (subject to hydrolysis) is 1. The molecule has 4 heteroatoms. The average Bonchev–Trinajstić information content (AvgIpc) is 3.05. The van der Waals surface area contributed by atoms with Gasteiger partial charge in [-0.3, -0.25) is 4.79 Å². The third-order valence-corrected chi connectivity index (χ3v) is 5.62. The minimum absolute atomic E-state index is 0.163. The third kappa shape index (κ3) is 2.05. The van der Waals surface area contributed by atoms with Crippen molar-refractivity contribution < 1.29 is 14.3 Å². The number of amides is 1. The number of fused-ring (bicyclic) bond motifs is 2. The number of rotatable bonds is 4. The van der Waals surface area contributed by atoms with Gasteiger partial charge in [0.2, 0.25) is 0 Å². The maximum atomic E-state index is 12.2. The fourth-order valence-electron chi connectivity index (χ4n) is 3.97. The van der Waals surface area contributed by atoms with Gasteiger partial charge in [0.15, 0.2) is 0 Å². The summed E-state index contributed by atoms with van der Waals surface area (Å²) in [6, 6.07) is 0.291. The summed E-state index contributed by atoms with van der Waals surface area (Å²) in [5.74, 6) is 0.925. The minimum Gasteiger partial charge on any atom is -0.448 e. The van der Waals surface area contributed by atoms with Gasteiger partial charge in [-0.2, -0.15) is 0 Å². The van der Waals surface area contributed by atoms with Crippen LogP contribution in [0.1, 0.15) is 46.5 Å². The van der Waals surface area contributed by atoms with Crippen molar-refractivity contribution in [2.45, 2.75) is 52.5 Å². The third-order valence-electron chi connectivity index (χ3n) is 5.62. The van der Waals surface area contributed by atoms with E-state index in [9.17, 15) is 9.59 Å². The van der Waals surface area contributed by atoms with Crippen LogP contribution < -0.4 is 5.32 Å². The van der Waals surface area contributed by atoms with E-state index < -0.39 is 5.41 Å². The number of carbonyl (C=O) groups excluding carboxylic acids is 2. The summed E-state index contributed by atoms with van der Waals surface area (Å²) in [6.07, 6.45) is 3.60. The minimum atomic E-state index is -0.477. The lowest BCUT2D eigenvalue weighted by Crippen LogP contribution is -2.42. The van der Waals surface area contributed by atoms with Gasteiger partial charge in [0.05, 0.1) is 5.41 Å². The number of allylic oxidation sites excluding steroid dienone is 2. The maximum Gasteiger partial charge on any atom is 0.407 e. The number of nitrogens with one attached hydrogen (secondary N) is 1. The highest BCUT2D eigenvalue weighted by atomic mass is 16.5. The average molecular weight is 277 g/mol. The summed E-state index contributed by atoms with van der Waals surface area (Å²) >= 11 is 0. The Balaban J connectivity index is 1.70. The Bertz CT molecular complexity index is 492. The lowest BCUT2D eigenvalue weighted by Gasteiger charge is -2.36. The molecular formula is C16H23NO3. The van der Waals surface area contributed by atoms with E-state index in [0.29, 0.717) is 12.0 Å². The van der Waals surface area contributed by atoms with E-state index in [1.165, 1.54) is 11.1 Å². The first-order chi connectivity index (χ1) is 9.44. The van der Waals surface area contributed by atoms with Gasteiger partial charge in [0.25, 0.3) is 0 Å². The quantitative estimate of drug-likeness (QED) is 0.804. The number of carbonyl (C=O) groups is 2. The SMILES string of the molecule is CC(=O)C1(COC(=O)NC2CC2)CC2CC1C(C)=C2C. The van der Waals surface area contributed by atoms with Crippen LogP contribution in [0.2, 0.25) is 0 Å². The molecule has 2 bridgehead atoms. The Morgan fingerprint density at radius 1 is 1.30 bits per heavy atom. The van der Waals surface area contributed by atoms with E-state index in [1.54, 1.807) is 6.92 Å². The molecular weight excluding hydrogens is 254 g/mol. The lowest BCUT2D eigenvalue weighted by molar-refractivity contribution is -0.130. The molecule has 3 aliphatic carbocycles. The van der Waals surface area contributed by atoms with E-state index in [-0.39, 0.29) is 24.4 Å². The number of hydrogen-bond acceptors (Lipinski definition) is 3. The highest BCUT2D eigenvalue weighted by Crippen LogP contribution is 2.58. The number of Topliss-reactive ketones (excluding diaryl/α,β-unsaturated/α-hetero) is 1. The van der Waals surface area contributed by atoms with Crippen molar-refractivity contribution >= 4 is 11.9 Å². The van der Waals surface area contributed by atoms with E-state index in [2.05, 4.69) is 19.2 Å². The van der Waals surface area contributed by atoms with Crippen molar-refractivity contribution in [2.24, 2.45) is 17.3 Å².